The lowest BCUT2D eigenvalue weighted by molar-refractivity contribution is -0.148. The molecule has 0 unspecified atom stereocenters. The highest BCUT2D eigenvalue weighted by Gasteiger charge is 2.57. The van der Waals surface area contributed by atoms with Crippen LogP contribution in [-0.4, -0.2) is 64.6 Å². The molecule has 0 amide bonds. The van der Waals surface area contributed by atoms with Crippen LogP contribution in [0.4, 0.5) is 18.0 Å². The molecule has 4 rings (SSSR count). The van der Waals surface area contributed by atoms with Crippen molar-refractivity contribution < 1.29 is 37.3 Å². The number of aromatic nitrogens is 1. The highest BCUT2D eigenvalue weighted by Crippen LogP contribution is 2.43. The molecule has 192 valence electrons. The first-order valence-electron chi connectivity index (χ1n) is 10.8. The van der Waals surface area contributed by atoms with Gasteiger partial charge in [-0.1, -0.05) is 12.1 Å². The fraction of sp³-hybridized carbons (Fsp3) is 0.391. The Morgan fingerprint density at radius 3 is 2.53 bits per heavy atom. The third kappa shape index (κ3) is 4.67. The number of halogens is 3. The standard InChI is InChI=1S/C23H23F3N4O5S/c1-21(19(31)32)11-23(25,26)12-30(21)10-15-16(35-20(33)34-3)22(2,13-4-6-14(24)7-5-13)29-17(28-15)18-27-8-9-36-18/h4-9H,10-12H2,1-3H3,(H,28,29)(H,31,32)/t21-,22+/m0/s1. The molecule has 0 saturated carbocycles. The van der Waals surface area contributed by atoms with E-state index in [0.29, 0.717) is 10.6 Å². The number of methoxy groups -OCH3 is 1. The Balaban J connectivity index is 1.88. The van der Waals surface area contributed by atoms with Gasteiger partial charge in [-0.2, -0.15) is 0 Å². The second kappa shape index (κ2) is 9.21. The number of nitrogens with zero attached hydrogens (tertiary/aromatic N) is 3. The van der Waals surface area contributed by atoms with Crippen LogP contribution in [0.2, 0.25) is 0 Å². The predicted octanol–water partition coefficient (Wildman–Crippen LogP) is 3.73. The van der Waals surface area contributed by atoms with E-state index in [9.17, 15) is 27.9 Å². The first-order chi connectivity index (χ1) is 16.9. The topological polar surface area (TPSA) is 113 Å². The summed E-state index contributed by atoms with van der Waals surface area (Å²) in [5, 5.41) is 14.9. The van der Waals surface area contributed by atoms with Crippen molar-refractivity contribution in [3.63, 3.8) is 0 Å². The summed E-state index contributed by atoms with van der Waals surface area (Å²) in [6.07, 6.45) is -0.442. The summed E-state index contributed by atoms with van der Waals surface area (Å²) in [5.41, 5.74) is -2.82. The molecule has 1 aromatic heterocycles. The number of carbonyl (C=O) groups excluding carboxylic acids is 1. The van der Waals surface area contributed by atoms with Crippen molar-refractivity contribution in [3.05, 3.63) is 63.7 Å². The van der Waals surface area contributed by atoms with Crippen LogP contribution in [0.1, 0.15) is 30.8 Å². The van der Waals surface area contributed by atoms with E-state index < -0.39 is 47.9 Å². The number of ether oxygens (including phenoxy) is 2. The number of hydrogen-bond acceptors (Lipinski definition) is 9. The number of amidine groups is 1. The maximum Gasteiger partial charge on any atom is 0.513 e. The lowest BCUT2D eigenvalue weighted by Crippen LogP contribution is -2.51. The first-order valence-corrected chi connectivity index (χ1v) is 11.6. The highest BCUT2D eigenvalue weighted by molar-refractivity contribution is 7.11. The Bertz CT molecular complexity index is 1230. The Morgan fingerprint density at radius 1 is 1.25 bits per heavy atom. The number of carboxylic acid groups (broad SMARTS) is 1. The molecule has 2 aliphatic rings. The molecule has 0 spiro atoms. The van der Waals surface area contributed by atoms with Gasteiger partial charge in [0.15, 0.2) is 16.6 Å². The molecule has 2 aliphatic heterocycles. The second-order valence-electron chi connectivity index (χ2n) is 8.83. The SMILES string of the molecule is COC(=O)OC1=C(CN2CC(F)(F)C[C@@]2(C)C(=O)O)NC(c2nccs2)=N[C@]1(C)c1ccc(F)cc1. The van der Waals surface area contributed by atoms with Gasteiger partial charge in [0.1, 0.15) is 16.9 Å². The number of hydrogen-bond donors (Lipinski definition) is 2. The molecular weight excluding hydrogens is 501 g/mol. The Kier molecular flexibility index (Phi) is 6.56. The molecule has 0 aliphatic carbocycles. The minimum atomic E-state index is -3.25. The van der Waals surface area contributed by atoms with Gasteiger partial charge in [-0.15, -0.1) is 11.3 Å². The van der Waals surface area contributed by atoms with Gasteiger partial charge < -0.3 is 19.9 Å². The summed E-state index contributed by atoms with van der Waals surface area (Å²) in [6, 6.07) is 5.32. The normalized spacial score (nSPS) is 25.8. The number of aliphatic carboxylic acids is 1. The van der Waals surface area contributed by atoms with E-state index in [1.165, 1.54) is 42.5 Å². The number of aliphatic imine (C=N–C) groups is 1. The molecule has 1 saturated heterocycles. The molecule has 0 radical (unpaired) electrons. The molecule has 2 atom stereocenters. The van der Waals surface area contributed by atoms with Crippen molar-refractivity contribution in [1.82, 2.24) is 15.2 Å². The van der Waals surface area contributed by atoms with E-state index >= 15 is 0 Å². The zero-order valence-electron chi connectivity index (χ0n) is 19.5. The van der Waals surface area contributed by atoms with Crippen LogP contribution in [-0.2, 0) is 19.8 Å². The van der Waals surface area contributed by atoms with Crippen LogP contribution >= 0.6 is 11.3 Å². The number of alkyl halides is 2. The molecule has 3 heterocycles. The molecule has 9 nitrogen and oxygen atoms in total. The maximum absolute atomic E-state index is 14.4. The van der Waals surface area contributed by atoms with Gasteiger partial charge >= 0.3 is 12.1 Å². The highest BCUT2D eigenvalue weighted by atomic mass is 32.1. The largest absolute Gasteiger partial charge is 0.513 e. The van der Waals surface area contributed by atoms with Crippen LogP contribution in [0.5, 0.6) is 0 Å². The van der Waals surface area contributed by atoms with Gasteiger partial charge in [-0.05, 0) is 31.5 Å². The van der Waals surface area contributed by atoms with Crippen LogP contribution in [0.3, 0.4) is 0 Å². The minimum Gasteiger partial charge on any atom is -0.480 e. The third-order valence-corrected chi connectivity index (χ3v) is 7.03. The van der Waals surface area contributed by atoms with Crippen molar-refractivity contribution in [2.75, 3.05) is 20.2 Å². The van der Waals surface area contributed by atoms with E-state index in [0.717, 1.165) is 12.0 Å². The minimum absolute atomic E-state index is 0.107. The zero-order valence-corrected chi connectivity index (χ0v) is 20.4. The van der Waals surface area contributed by atoms with E-state index in [-0.39, 0.29) is 23.8 Å². The lowest BCUT2D eigenvalue weighted by atomic mass is 9.87. The van der Waals surface area contributed by atoms with Gasteiger partial charge in [-0.25, -0.2) is 27.9 Å². The average molecular weight is 525 g/mol. The zero-order chi connectivity index (χ0) is 26.3. The fourth-order valence-electron chi connectivity index (χ4n) is 4.36. The van der Waals surface area contributed by atoms with E-state index in [4.69, 9.17) is 9.73 Å². The monoisotopic (exact) mass is 524 g/mol. The van der Waals surface area contributed by atoms with Crippen LogP contribution in [0, 0.1) is 5.82 Å². The number of carboxylic acids is 1. The van der Waals surface area contributed by atoms with Crippen molar-refractivity contribution in [3.8, 4) is 0 Å². The molecule has 2 aromatic rings. The van der Waals surface area contributed by atoms with Gasteiger partial charge in [0, 0.05) is 24.5 Å². The van der Waals surface area contributed by atoms with Crippen LogP contribution < -0.4 is 5.32 Å². The summed E-state index contributed by atoms with van der Waals surface area (Å²) in [4.78, 5) is 34.3. The van der Waals surface area contributed by atoms with Crippen molar-refractivity contribution in [2.24, 2.45) is 4.99 Å². The van der Waals surface area contributed by atoms with Crippen molar-refractivity contribution in [1.29, 1.82) is 0 Å². The van der Waals surface area contributed by atoms with Crippen molar-refractivity contribution in [2.45, 2.75) is 37.3 Å². The van der Waals surface area contributed by atoms with Gasteiger partial charge in [0.05, 0.1) is 19.4 Å². The van der Waals surface area contributed by atoms with E-state index in [1.807, 2.05) is 0 Å². The molecule has 13 heteroatoms. The first kappa shape index (κ1) is 25.6. The predicted molar refractivity (Wildman–Crippen MR) is 123 cm³/mol. The molecule has 1 aromatic carbocycles. The lowest BCUT2D eigenvalue weighted by Gasteiger charge is -2.37. The second-order valence-corrected chi connectivity index (χ2v) is 9.73. The number of thiazole rings is 1. The quantitative estimate of drug-likeness (QED) is 0.550. The maximum atomic E-state index is 14.4. The number of carbonyl (C=O) groups is 2. The Morgan fingerprint density at radius 2 is 1.94 bits per heavy atom. The molecular formula is C23H23F3N4O5S. The molecule has 0 bridgehead atoms. The number of likely N-dealkylation sites (tertiary alicyclic amines) is 1. The van der Waals surface area contributed by atoms with E-state index in [1.54, 1.807) is 18.5 Å². The average Bonchev–Trinajstić information content (AvgIpc) is 3.42. The van der Waals surface area contributed by atoms with Crippen LogP contribution in [0.15, 0.2) is 52.3 Å². The van der Waals surface area contributed by atoms with Crippen LogP contribution in [0.25, 0.3) is 0 Å². The van der Waals surface area contributed by atoms with Gasteiger partial charge in [0.2, 0.25) is 0 Å². The van der Waals surface area contributed by atoms with Gasteiger partial charge in [-0.3, -0.25) is 9.69 Å². The molecule has 1 fully saturated rings. The Hall–Kier alpha value is -3.45. The summed E-state index contributed by atoms with van der Waals surface area (Å²) in [6.45, 7) is 1.63. The van der Waals surface area contributed by atoms with Gasteiger partial charge in [0.25, 0.3) is 5.92 Å². The van der Waals surface area contributed by atoms with Crippen molar-refractivity contribution >= 4 is 29.3 Å². The molecule has 36 heavy (non-hydrogen) atoms. The third-order valence-electron chi connectivity index (χ3n) is 6.25. The number of rotatable bonds is 6. The summed E-state index contributed by atoms with van der Waals surface area (Å²) in [5.74, 6) is -5.03. The fourth-order valence-corrected chi connectivity index (χ4v) is 4.94. The summed E-state index contributed by atoms with van der Waals surface area (Å²) < 4.78 is 52.7. The number of benzene rings is 1. The molecule has 2 N–H and O–H groups in total. The summed E-state index contributed by atoms with van der Waals surface area (Å²) in [7, 11) is 1.10. The Labute approximate surface area is 208 Å². The smallest absolute Gasteiger partial charge is 0.480 e. The number of nitrogens with one attached hydrogen (secondary N) is 1. The summed E-state index contributed by atoms with van der Waals surface area (Å²) >= 11 is 1.25. The van der Waals surface area contributed by atoms with E-state index in [2.05, 4.69) is 15.0 Å².